The number of carbonyl (C=O) groups excluding carboxylic acids is 1. The number of carbonyl (C=O) groups is 1. The summed E-state index contributed by atoms with van der Waals surface area (Å²) in [6, 6.07) is 18.6. The van der Waals surface area contributed by atoms with Gasteiger partial charge in [0.05, 0.1) is 0 Å². The molecule has 0 unspecified atom stereocenters. The normalized spacial score (nSPS) is 13.9. The molecular weight excluding hydrogens is 284 g/mol. The molecule has 1 aliphatic carbocycles. The fraction of sp³-hybridized carbons (Fsp3) is 0.350. The van der Waals surface area contributed by atoms with Gasteiger partial charge in [0, 0.05) is 18.3 Å². The SMILES string of the molecule is CC(C)c1ccc(CN(C(=O)Nc2ccccc2)C2CC2)cc1. The number of rotatable bonds is 5. The average Bonchev–Trinajstić information content (AvgIpc) is 3.38. The Labute approximate surface area is 138 Å². The van der Waals surface area contributed by atoms with Crippen LogP contribution in [-0.2, 0) is 6.54 Å². The molecular formula is C20H24N2O. The summed E-state index contributed by atoms with van der Waals surface area (Å²) in [5.74, 6) is 0.532. The second kappa shape index (κ2) is 6.86. The van der Waals surface area contributed by atoms with Crippen molar-refractivity contribution in [2.45, 2.75) is 45.2 Å². The van der Waals surface area contributed by atoms with E-state index in [1.165, 1.54) is 11.1 Å². The Morgan fingerprint density at radius 1 is 1.09 bits per heavy atom. The van der Waals surface area contributed by atoms with Crippen LogP contribution >= 0.6 is 0 Å². The first-order valence-electron chi connectivity index (χ1n) is 8.35. The highest BCUT2D eigenvalue weighted by Gasteiger charge is 2.32. The quantitative estimate of drug-likeness (QED) is 0.827. The van der Waals surface area contributed by atoms with Crippen LogP contribution < -0.4 is 5.32 Å². The van der Waals surface area contributed by atoms with Crippen LogP contribution in [0.15, 0.2) is 54.6 Å². The van der Waals surface area contributed by atoms with Crippen molar-refractivity contribution >= 4 is 11.7 Å². The van der Waals surface area contributed by atoms with Crippen LogP contribution in [0.25, 0.3) is 0 Å². The summed E-state index contributed by atoms with van der Waals surface area (Å²) >= 11 is 0. The lowest BCUT2D eigenvalue weighted by Gasteiger charge is -2.23. The van der Waals surface area contributed by atoms with E-state index in [9.17, 15) is 4.79 Å². The smallest absolute Gasteiger partial charge is 0.317 e. The molecule has 0 aliphatic heterocycles. The van der Waals surface area contributed by atoms with Gasteiger partial charge in [0.1, 0.15) is 0 Å². The molecule has 3 nitrogen and oxygen atoms in total. The number of hydrogen-bond donors (Lipinski definition) is 1. The van der Waals surface area contributed by atoms with Crippen molar-refractivity contribution < 1.29 is 4.79 Å². The van der Waals surface area contributed by atoms with Gasteiger partial charge in [-0.3, -0.25) is 0 Å². The maximum absolute atomic E-state index is 12.6. The monoisotopic (exact) mass is 308 g/mol. The van der Waals surface area contributed by atoms with Gasteiger partial charge in [-0.1, -0.05) is 56.3 Å². The molecule has 120 valence electrons. The molecule has 1 aliphatic rings. The van der Waals surface area contributed by atoms with Gasteiger partial charge in [-0.25, -0.2) is 4.79 Å². The minimum absolute atomic E-state index is 0.00774. The Kier molecular flexibility index (Phi) is 4.65. The largest absolute Gasteiger partial charge is 0.322 e. The molecule has 0 aromatic heterocycles. The first-order valence-corrected chi connectivity index (χ1v) is 8.35. The summed E-state index contributed by atoms with van der Waals surface area (Å²) in [5.41, 5.74) is 3.36. The molecule has 0 saturated heterocycles. The zero-order chi connectivity index (χ0) is 16.2. The number of benzene rings is 2. The van der Waals surface area contributed by atoms with E-state index in [1.807, 2.05) is 35.2 Å². The summed E-state index contributed by atoms with van der Waals surface area (Å²) in [4.78, 5) is 14.5. The van der Waals surface area contributed by atoms with Crippen LogP contribution in [0.2, 0.25) is 0 Å². The van der Waals surface area contributed by atoms with Crippen molar-refractivity contribution in [3.63, 3.8) is 0 Å². The minimum Gasteiger partial charge on any atom is -0.317 e. The lowest BCUT2D eigenvalue weighted by atomic mass is 10.0. The second-order valence-corrected chi connectivity index (χ2v) is 6.55. The topological polar surface area (TPSA) is 32.3 Å². The fourth-order valence-electron chi connectivity index (χ4n) is 2.67. The molecule has 2 aromatic carbocycles. The zero-order valence-corrected chi connectivity index (χ0v) is 13.8. The van der Waals surface area contributed by atoms with Crippen molar-refractivity contribution in [3.05, 3.63) is 65.7 Å². The van der Waals surface area contributed by atoms with Crippen LogP contribution in [0.3, 0.4) is 0 Å². The molecule has 2 aromatic rings. The molecule has 23 heavy (non-hydrogen) atoms. The minimum atomic E-state index is -0.00774. The Morgan fingerprint density at radius 2 is 1.74 bits per heavy atom. The van der Waals surface area contributed by atoms with Crippen LogP contribution in [0.5, 0.6) is 0 Å². The molecule has 0 spiro atoms. The van der Waals surface area contributed by atoms with Crippen LogP contribution in [0.1, 0.15) is 43.7 Å². The number of nitrogens with one attached hydrogen (secondary N) is 1. The Balaban J connectivity index is 1.68. The van der Waals surface area contributed by atoms with Gasteiger partial charge in [-0.2, -0.15) is 0 Å². The summed E-state index contributed by atoms with van der Waals surface area (Å²) < 4.78 is 0. The summed E-state index contributed by atoms with van der Waals surface area (Å²) in [6.45, 7) is 5.05. The molecule has 1 fully saturated rings. The average molecular weight is 308 g/mol. The molecule has 0 radical (unpaired) electrons. The van der Waals surface area contributed by atoms with Crippen molar-refractivity contribution in [3.8, 4) is 0 Å². The summed E-state index contributed by atoms with van der Waals surface area (Å²) in [6.07, 6.45) is 2.21. The van der Waals surface area contributed by atoms with Gasteiger partial charge in [0.2, 0.25) is 0 Å². The molecule has 3 heteroatoms. The first-order chi connectivity index (χ1) is 11.1. The number of hydrogen-bond acceptors (Lipinski definition) is 1. The molecule has 0 atom stereocenters. The summed E-state index contributed by atoms with van der Waals surface area (Å²) in [7, 11) is 0. The molecule has 0 heterocycles. The molecule has 1 N–H and O–H groups in total. The van der Waals surface area contributed by atoms with E-state index in [1.54, 1.807) is 0 Å². The van der Waals surface area contributed by atoms with Gasteiger partial charge < -0.3 is 10.2 Å². The summed E-state index contributed by atoms with van der Waals surface area (Å²) in [5, 5.41) is 3.00. The van der Waals surface area contributed by atoms with E-state index in [0.29, 0.717) is 18.5 Å². The third-order valence-corrected chi connectivity index (χ3v) is 4.27. The van der Waals surface area contributed by atoms with Crippen molar-refractivity contribution in [2.75, 3.05) is 5.32 Å². The lowest BCUT2D eigenvalue weighted by Crippen LogP contribution is -2.36. The molecule has 0 bridgehead atoms. The van der Waals surface area contributed by atoms with Crippen molar-refractivity contribution in [1.29, 1.82) is 0 Å². The van der Waals surface area contributed by atoms with Gasteiger partial charge in [-0.05, 0) is 42.0 Å². The number of nitrogens with zero attached hydrogens (tertiary/aromatic N) is 1. The highest BCUT2D eigenvalue weighted by molar-refractivity contribution is 5.89. The molecule has 1 saturated carbocycles. The predicted molar refractivity (Wildman–Crippen MR) is 94.6 cm³/mol. The van der Waals surface area contributed by atoms with Gasteiger partial charge >= 0.3 is 6.03 Å². The number of anilines is 1. The van der Waals surface area contributed by atoms with E-state index in [-0.39, 0.29) is 6.03 Å². The lowest BCUT2D eigenvalue weighted by molar-refractivity contribution is 0.206. The van der Waals surface area contributed by atoms with Gasteiger partial charge in [0.25, 0.3) is 0 Å². The zero-order valence-electron chi connectivity index (χ0n) is 13.8. The van der Waals surface area contributed by atoms with Gasteiger partial charge in [-0.15, -0.1) is 0 Å². The van der Waals surface area contributed by atoms with E-state index in [4.69, 9.17) is 0 Å². The van der Waals surface area contributed by atoms with E-state index in [0.717, 1.165) is 18.5 Å². The Morgan fingerprint density at radius 3 is 2.30 bits per heavy atom. The molecule has 3 rings (SSSR count). The maximum atomic E-state index is 12.6. The number of para-hydroxylation sites is 1. The van der Waals surface area contributed by atoms with Crippen LogP contribution in [-0.4, -0.2) is 17.0 Å². The van der Waals surface area contributed by atoms with Crippen LogP contribution in [0, 0.1) is 0 Å². The van der Waals surface area contributed by atoms with Crippen LogP contribution in [0.4, 0.5) is 10.5 Å². The fourth-order valence-corrected chi connectivity index (χ4v) is 2.67. The highest BCUT2D eigenvalue weighted by atomic mass is 16.2. The third-order valence-electron chi connectivity index (χ3n) is 4.27. The second-order valence-electron chi connectivity index (χ2n) is 6.55. The number of amides is 2. The van der Waals surface area contributed by atoms with Crippen molar-refractivity contribution in [2.24, 2.45) is 0 Å². The Bertz CT molecular complexity index is 645. The third kappa shape index (κ3) is 4.13. The van der Waals surface area contributed by atoms with Gasteiger partial charge in [0.15, 0.2) is 0 Å². The predicted octanol–water partition coefficient (Wildman–Crippen LogP) is 5.01. The number of urea groups is 1. The maximum Gasteiger partial charge on any atom is 0.322 e. The Hall–Kier alpha value is -2.29. The van der Waals surface area contributed by atoms with Crippen molar-refractivity contribution in [1.82, 2.24) is 4.90 Å². The van der Waals surface area contributed by atoms with E-state index >= 15 is 0 Å². The van der Waals surface area contributed by atoms with E-state index in [2.05, 4.69) is 43.4 Å². The first kappa shape index (κ1) is 15.6. The highest BCUT2D eigenvalue weighted by Crippen LogP contribution is 2.29. The van der Waals surface area contributed by atoms with E-state index < -0.39 is 0 Å². The molecule has 2 amide bonds. The standard InChI is InChI=1S/C20H24N2O/c1-15(2)17-10-8-16(9-11-17)14-22(19-12-13-19)20(23)21-18-6-4-3-5-7-18/h3-11,15,19H,12-14H2,1-2H3,(H,21,23).